The van der Waals surface area contributed by atoms with Crippen molar-refractivity contribution in [1.82, 2.24) is 29.4 Å². The number of aromatic nitrogens is 5. The van der Waals surface area contributed by atoms with Crippen molar-refractivity contribution in [3.63, 3.8) is 0 Å². The van der Waals surface area contributed by atoms with Gasteiger partial charge in [-0.15, -0.1) is 10.2 Å². The van der Waals surface area contributed by atoms with Crippen LogP contribution in [-0.2, 0) is 24.4 Å². The van der Waals surface area contributed by atoms with Crippen LogP contribution < -0.4 is 0 Å². The second kappa shape index (κ2) is 6.36. The molecule has 1 aliphatic rings. The highest BCUT2D eigenvalue weighted by Gasteiger charge is 2.33. The van der Waals surface area contributed by atoms with Crippen molar-refractivity contribution in [2.45, 2.75) is 39.5 Å². The van der Waals surface area contributed by atoms with Crippen LogP contribution in [0.5, 0.6) is 0 Å². The Kier molecular flexibility index (Phi) is 4.02. The maximum Gasteiger partial charge on any atom is 0.246 e. The molecule has 4 rings (SSSR count). The van der Waals surface area contributed by atoms with Gasteiger partial charge in [0.05, 0.1) is 18.3 Å². The molecule has 3 aromatic rings. The van der Waals surface area contributed by atoms with Crippen LogP contribution in [-0.4, -0.2) is 35.4 Å². The van der Waals surface area contributed by atoms with Gasteiger partial charge in [-0.25, -0.2) is 4.39 Å². The molecule has 1 amide bonds. The van der Waals surface area contributed by atoms with E-state index in [4.69, 9.17) is 0 Å². The number of halogens is 1. The van der Waals surface area contributed by atoms with Gasteiger partial charge in [0.15, 0.2) is 11.6 Å². The number of nitrogens with zero attached hydrogens (tertiary/aromatic N) is 6. The molecule has 0 fully saturated rings. The van der Waals surface area contributed by atoms with Gasteiger partial charge in [0.2, 0.25) is 5.91 Å². The molecule has 0 bridgehead atoms. The number of aryl methyl sites for hydroxylation is 1. The van der Waals surface area contributed by atoms with E-state index in [0.717, 1.165) is 17.7 Å². The number of benzene rings is 1. The molecule has 8 heteroatoms. The summed E-state index contributed by atoms with van der Waals surface area (Å²) in [5.74, 6) is 1.02. The maximum absolute atomic E-state index is 13.4. The van der Waals surface area contributed by atoms with Crippen molar-refractivity contribution in [2.24, 2.45) is 0 Å². The monoisotopic (exact) mass is 354 g/mol. The zero-order valence-electron chi connectivity index (χ0n) is 14.6. The summed E-state index contributed by atoms with van der Waals surface area (Å²) in [5, 5.41) is 12.8. The molecule has 0 unspecified atom stereocenters. The van der Waals surface area contributed by atoms with Crippen LogP contribution >= 0.6 is 0 Å². The summed E-state index contributed by atoms with van der Waals surface area (Å²) in [6.07, 6.45) is 3.63. The lowest BCUT2D eigenvalue weighted by molar-refractivity contribution is -0.137. The van der Waals surface area contributed by atoms with E-state index in [1.165, 1.54) is 12.1 Å². The Balaban J connectivity index is 1.64. The normalized spacial score (nSPS) is 16.8. The number of carbonyl (C=O) groups is 1. The van der Waals surface area contributed by atoms with Crippen LogP contribution in [0, 0.1) is 5.82 Å². The Morgan fingerprint density at radius 3 is 2.88 bits per heavy atom. The number of amides is 1. The van der Waals surface area contributed by atoms with Crippen LogP contribution in [0.2, 0.25) is 0 Å². The average molecular weight is 354 g/mol. The van der Waals surface area contributed by atoms with Crippen LogP contribution in [0.25, 0.3) is 11.4 Å². The minimum atomic E-state index is -0.428. The lowest BCUT2D eigenvalue weighted by atomic mass is 10.1. The first-order valence-corrected chi connectivity index (χ1v) is 8.56. The molecular weight excluding hydrogens is 335 g/mol. The predicted molar refractivity (Wildman–Crippen MR) is 92.3 cm³/mol. The minimum absolute atomic E-state index is 0.0364. The molecule has 0 aliphatic carbocycles. The molecule has 0 radical (unpaired) electrons. The van der Waals surface area contributed by atoms with Crippen LogP contribution in [0.1, 0.15) is 31.3 Å². The fourth-order valence-electron chi connectivity index (χ4n) is 3.30. The van der Waals surface area contributed by atoms with Gasteiger partial charge in [0, 0.05) is 19.3 Å². The van der Waals surface area contributed by atoms with Crippen LogP contribution in [0.3, 0.4) is 0 Å². The highest BCUT2D eigenvalue weighted by Crippen LogP contribution is 2.29. The van der Waals surface area contributed by atoms with Crippen molar-refractivity contribution in [3.8, 4) is 11.4 Å². The zero-order chi connectivity index (χ0) is 18.3. The summed E-state index contributed by atoms with van der Waals surface area (Å²) in [6.45, 7) is 5.29. The number of fused-ring (bicyclic) bond motifs is 1. The van der Waals surface area contributed by atoms with Crippen molar-refractivity contribution in [2.75, 3.05) is 0 Å². The van der Waals surface area contributed by atoms with Crippen molar-refractivity contribution in [1.29, 1.82) is 0 Å². The van der Waals surface area contributed by atoms with Gasteiger partial charge < -0.3 is 4.90 Å². The second-order valence-electron chi connectivity index (χ2n) is 6.39. The fraction of sp³-hybridized carbons (Fsp3) is 0.333. The maximum atomic E-state index is 13.4. The molecule has 1 atom stereocenters. The number of carbonyl (C=O) groups excluding carboxylic acids is 1. The quantitative estimate of drug-likeness (QED) is 0.721. The summed E-state index contributed by atoms with van der Waals surface area (Å²) in [6, 6.07) is 5.87. The van der Waals surface area contributed by atoms with Gasteiger partial charge in [-0.3, -0.25) is 14.0 Å². The van der Waals surface area contributed by atoms with E-state index in [-0.39, 0.29) is 11.7 Å². The Hall–Kier alpha value is -3.03. The van der Waals surface area contributed by atoms with Crippen molar-refractivity contribution >= 4 is 5.91 Å². The van der Waals surface area contributed by atoms with Gasteiger partial charge in [0.25, 0.3) is 0 Å². The largest absolute Gasteiger partial charge is 0.329 e. The summed E-state index contributed by atoms with van der Waals surface area (Å²) >= 11 is 0. The molecule has 0 N–H and O–H groups in total. The van der Waals surface area contributed by atoms with Crippen molar-refractivity contribution < 1.29 is 9.18 Å². The fourth-order valence-corrected chi connectivity index (χ4v) is 3.30. The lowest BCUT2D eigenvalue weighted by Gasteiger charge is -2.32. The van der Waals surface area contributed by atoms with Gasteiger partial charge >= 0.3 is 0 Å². The Morgan fingerprint density at radius 2 is 2.15 bits per heavy atom. The molecule has 0 saturated carbocycles. The molecule has 2 aromatic heterocycles. The minimum Gasteiger partial charge on any atom is -0.329 e. The van der Waals surface area contributed by atoms with Gasteiger partial charge in [-0.05, 0) is 31.5 Å². The zero-order valence-corrected chi connectivity index (χ0v) is 14.6. The van der Waals surface area contributed by atoms with E-state index in [2.05, 4.69) is 15.3 Å². The predicted octanol–water partition coefficient (Wildman–Crippen LogP) is 2.40. The molecule has 1 aliphatic heterocycles. The summed E-state index contributed by atoms with van der Waals surface area (Å²) in [5.41, 5.74) is 1.59. The Labute approximate surface area is 150 Å². The number of hydrogen-bond donors (Lipinski definition) is 0. The second-order valence-corrected chi connectivity index (χ2v) is 6.39. The molecule has 0 spiro atoms. The van der Waals surface area contributed by atoms with E-state index >= 15 is 0 Å². The van der Waals surface area contributed by atoms with E-state index in [0.29, 0.717) is 24.7 Å². The molecule has 0 saturated heterocycles. The van der Waals surface area contributed by atoms with E-state index in [1.807, 2.05) is 35.4 Å². The Morgan fingerprint density at radius 1 is 1.31 bits per heavy atom. The standard InChI is InChI=1S/C18H19FN6O/c1-3-24-10-14(8-20-24)17-22-21-16-11-23(18(26)12(2)25(16)17)9-13-5-4-6-15(19)7-13/h4-8,10,12H,3,9,11H2,1-2H3/t12-/m0/s1. The number of hydrogen-bond acceptors (Lipinski definition) is 4. The molecule has 7 nitrogen and oxygen atoms in total. The SMILES string of the molecule is CCn1cc(-c2nnc3n2[C@@H](C)C(=O)N(Cc2cccc(F)c2)C3)cn1. The first-order valence-electron chi connectivity index (χ1n) is 8.56. The highest BCUT2D eigenvalue weighted by molar-refractivity contribution is 5.82. The molecule has 3 heterocycles. The average Bonchev–Trinajstić information content (AvgIpc) is 3.26. The highest BCUT2D eigenvalue weighted by atomic mass is 19.1. The molecular formula is C18H19FN6O. The topological polar surface area (TPSA) is 68.8 Å². The summed E-state index contributed by atoms with van der Waals surface area (Å²) in [7, 11) is 0. The summed E-state index contributed by atoms with van der Waals surface area (Å²) in [4.78, 5) is 14.5. The summed E-state index contributed by atoms with van der Waals surface area (Å²) < 4.78 is 17.1. The first kappa shape index (κ1) is 16.4. The van der Waals surface area contributed by atoms with Gasteiger partial charge in [-0.2, -0.15) is 5.10 Å². The third-order valence-corrected chi connectivity index (χ3v) is 4.63. The number of rotatable bonds is 4. The van der Waals surface area contributed by atoms with E-state index < -0.39 is 6.04 Å². The first-order chi connectivity index (χ1) is 12.6. The lowest BCUT2D eigenvalue weighted by Crippen LogP contribution is -2.41. The van der Waals surface area contributed by atoms with E-state index in [1.54, 1.807) is 17.2 Å². The third kappa shape index (κ3) is 2.77. The van der Waals surface area contributed by atoms with Crippen LogP contribution in [0.4, 0.5) is 4.39 Å². The van der Waals surface area contributed by atoms with Crippen LogP contribution in [0.15, 0.2) is 36.7 Å². The third-order valence-electron chi connectivity index (χ3n) is 4.63. The van der Waals surface area contributed by atoms with Gasteiger partial charge in [0.1, 0.15) is 11.9 Å². The molecule has 26 heavy (non-hydrogen) atoms. The molecule has 1 aromatic carbocycles. The van der Waals surface area contributed by atoms with Gasteiger partial charge in [-0.1, -0.05) is 12.1 Å². The Bertz CT molecular complexity index is 962. The smallest absolute Gasteiger partial charge is 0.246 e. The van der Waals surface area contributed by atoms with E-state index in [9.17, 15) is 9.18 Å². The molecule has 134 valence electrons. The van der Waals surface area contributed by atoms with Crippen molar-refractivity contribution in [3.05, 3.63) is 53.9 Å².